The highest BCUT2D eigenvalue weighted by atomic mass is 32.2. The highest BCUT2D eigenvalue weighted by Crippen LogP contribution is 2.30. The number of amides is 1. The van der Waals surface area contributed by atoms with Crippen LogP contribution in [0.1, 0.15) is 5.56 Å². The maximum Gasteiger partial charge on any atom is 0.437 e. The Balaban J connectivity index is 1.63. The molecule has 2 aromatic heterocycles. The minimum atomic E-state index is -0.715. The van der Waals surface area contributed by atoms with Crippen molar-refractivity contribution in [3.05, 3.63) is 65.3 Å². The second-order valence-electron chi connectivity index (χ2n) is 6.54. The molecule has 0 saturated carbocycles. The molecule has 0 atom stereocenters. The minimum absolute atomic E-state index is 0.114. The number of aromatic nitrogens is 3. The molecule has 0 radical (unpaired) electrons. The monoisotopic (exact) mass is 456 g/mol. The lowest BCUT2D eigenvalue weighted by atomic mass is 10.1. The van der Waals surface area contributed by atoms with Gasteiger partial charge in [-0.2, -0.15) is 4.68 Å². The molecule has 1 aromatic carbocycles. The van der Waals surface area contributed by atoms with Gasteiger partial charge in [0.15, 0.2) is 11.5 Å². The van der Waals surface area contributed by atoms with Gasteiger partial charge in [0.1, 0.15) is 11.6 Å². The smallest absolute Gasteiger partial charge is 0.437 e. The number of nitrogens with zero attached hydrogens (tertiary/aromatic N) is 3. The molecule has 0 unspecified atom stereocenters. The molecule has 2 heterocycles. The van der Waals surface area contributed by atoms with Crippen molar-refractivity contribution in [2.75, 3.05) is 26.5 Å². The zero-order chi connectivity index (χ0) is 22.9. The number of benzene rings is 1. The molecule has 0 saturated heterocycles. The summed E-state index contributed by atoms with van der Waals surface area (Å²) < 4.78 is 16.9. The quantitative estimate of drug-likeness (QED) is 0.346. The van der Waals surface area contributed by atoms with Crippen LogP contribution in [0, 0.1) is 0 Å². The number of methoxy groups -OCH3 is 2. The van der Waals surface area contributed by atoms with Crippen molar-refractivity contribution < 1.29 is 18.7 Å². The van der Waals surface area contributed by atoms with Gasteiger partial charge in [0, 0.05) is 18.5 Å². The summed E-state index contributed by atoms with van der Waals surface area (Å²) in [5.41, 5.74) is 1.48. The van der Waals surface area contributed by atoms with E-state index in [2.05, 4.69) is 22.0 Å². The summed E-state index contributed by atoms with van der Waals surface area (Å²) >= 11 is 1.45. The van der Waals surface area contributed by atoms with E-state index in [1.54, 1.807) is 44.7 Å². The highest BCUT2D eigenvalue weighted by molar-refractivity contribution is 7.99. The molecule has 0 bridgehead atoms. The maximum absolute atomic E-state index is 12.4. The predicted octanol–water partition coefficient (Wildman–Crippen LogP) is 2.55. The van der Waals surface area contributed by atoms with Crippen LogP contribution in [0.4, 0.5) is 0 Å². The minimum Gasteiger partial charge on any atom is -0.493 e. The zero-order valence-corrected chi connectivity index (χ0v) is 18.7. The van der Waals surface area contributed by atoms with Crippen LogP contribution < -0.4 is 20.5 Å². The summed E-state index contributed by atoms with van der Waals surface area (Å²) in [5.74, 6) is 0.940. The highest BCUT2D eigenvalue weighted by Gasteiger charge is 2.17. The fourth-order valence-electron chi connectivity index (χ4n) is 3.00. The number of carbonyl (C=O) groups is 1. The number of carbonyl (C=O) groups excluding carboxylic acids is 1. The molecule has 32 heavy (non-hydrogen) atoms. The van der Waals surface area contributed by atoms with Gasteiger partial charge in [-0.1, -0.05) is 18.2 Å². The van der Waals surface area contributed by atoms with Crippen molar-refractivity contribution in [1.82, 2.24) is 20.1 Å². The Morgan fingerprint density at radius 2 is 2.12 bits per heavy atom. The van der Waals surface area contributed by atoms with E-state index in [9.17, 15) is 9.59 Å². The molecule has 3 rings (SSSR count). The first-order valence-corrected chi connectivity index (χ1v) is 10.8. The van der Waals surface area contributed by atoms with Gasteiger partial charge >= 0.3 is 5.76 Å². The summed E-state index contributed by atoms with van der Waals surface area (Å²) in [6.45, 7) is 3.79. The van der Waals surface area contributed by atoms with Crippen molar-refractivity contribution in [3.63, 3.8) is 0 Å². The van der Waals surface area contributed by atoms with Gasteiger partial charge in [0.25, 0.3) is 5.89 Å². The Kier molecular flexibility index (Phi) is 8.09. The summed E-state index contributed by atoms with van der Waals surface area (Å²) in [6, 6.07) is 9.05. The molecule has 0 aliphatic heterocycles. The number of hydrogen-bond acceptors (Lipinski definition) is 8. The van der Waals surface area contributed by atoms with E-state index in [0.717, 1.165) is 10.2 Å². The number of nitrogens with one attached hydrogen (secondary N) is 1. The summed E-state index contributed by atoms with van der Waals surface area (Å²) in [4.78, 5) is 28.8. The van der Waals surface area contributed by atoms with Crippen LogP contribution in [-0.4, -0.2) is 47.2 Å². The average Bonchev–Trinajstić information content (AvgIpc) is 3.17. The van der Waals surface area contributed by atoms with Crippen LogP contribution in [0.3, 0.4) is 0 Å². The molecule has 0 aliphatic rings. The van der Waals surface area contributed by atoms with Gasteiger partial charge in [-0.25, -0.2) is 9.78 Å². The van der Waals surface area contributed by atoms with Crippen molar-refractivity contribution in [2.45, 2.75) is 18.0 Å². The zero-order valence-electron chi connectivity index (χ0n) is 17.9. The summed E-state index contributed by atoms with van der Waals surface area (Å²) in [5, 5.41) is 7.61. The lowest BCUT2D eigenvalue weighted by Gasteiger charge is -2.12. The Morgan fingerprint density at radius 1 is 1.28 bits per heavy atom. The van der Waals surface area contributed by atoms with E-state index >= 15 is 0 Å². The predicted molar refractivity (Wildman–Crippen MR) is 121 cm³/mol. The SMILES string of the molecule is C=CCSc1ncccc1-c1nn(CC(=O)NCCc2cccc(OC)c2OC)c(=O)o1. The number of thioether (sulfide) groups is 1. The lowest BCUT2D eigenvalue weighted by Crippen LogP contribution is -2.32. The second kappa shape index (κ2) is 11.2. The Hall–Kier alpha value is -3.53. The number of ether oxygens (including phenoxy) is 2. The topological polar surface area (TPSA) is 108 Å². The molecule has 1 amide bonds. The van der Waals surface area contributed by atoms with Crippen molar-refractivity contribution in [1.29, 1.82) is 0 Å². The van der Waals surface area contributed by atoms with Gasteiger partial charge < -0.3 is 19.2 Å². The van der Waals surface area contributed by atoms with Crippen LogP contribution >= 0.6 is 11.8 Å². The Bertz CT molecular complexity index is 1140. The lowest BCUT2D eigenvalue weighted by molar-refractivity contribution is -0.121. The summed E-state index contributed by atoms with van der Waals surface area (Å²) in [7, 11) is 3.14. The molecule has 1 N–H and O–H groups in total. The fourth-order valence-corrected chi connectivity index (χ4v) is 3.72. The first-order valence-electron chi connectivity index (χ1n) is 9.81. The first kappa shape index (κ1) is 23.1. The molecule has 3 aromatic rings. The normalized spacial score (nSPS) is 10.6. The van der Waals surface area contributed by atoms with Crippen LogP contribution in [0.25, 0.3) is 11.5 Å². The molecule has 0 spiro atoms. The van der Waals surface area contributed by atoms with Gasteiger partial charge in [0.2, 0.25) is 5.91 Å². The Labute approximate surface area is 189 Å². The molecule has 9 nitrogen and oxygen atoms in total. The van der Waals surface area contributed by atoms with E-state index in [4.69, 9.17) is 13.9 Å². The number of hydrogen-bond donors (Lipinski definition) is 1. The number of para-hydroxylation sites is 1. The van der Waals surface area contributed by atoms with E-state index in [0.29, 0.717) is 40.8 Å². The molecule has 168 valence electrons. The second-order valence-corrected chi connectivity index (χ2v) is 7.55. The molecule has 0 aliphatic carbocycles. The molecule has 10 heteroatoms. The van der Waals surface area contributed by atoms with Gasteiger partial charge in [0.05, 0.1) is 19.8 Å². The van der Waals surface area contributed by atoms with Gasteiger partial charge in [-0.15, -0.1) is 23.4 Å². The van der Waals surface area contributed by atoms with Gasteiger partial charge in [-0.05, 0) is 30.2 Å². The largest absolute Gasteiger partial charge is 0.493 e. The van der Waals surface area contributed by atoms with Gasteiger partial charge in [-0.3, -0.25) is 4.79 Å². The molecular formula is C22H24N4O5S. The number of pyridine rings is 1. The third-order valence-electron chi connectivity index (χ3n) is 4.44. The van der Waals surface area contributed by atoms with E-state index in [1.165, 1.54) is 11.8 Å². The van der Waals surface area contributed by atoms with E-state index < -0.39 is 5.76 Å². The molecule has 0 fully saturated rings. The van der Waals surface area contributed by atoms with Crippen LogP contribution in [-0.2, 0) is 17.8 Å². The first-order chi connectivity index (χ1) is 15.6. The Morgan fingerprint density at radius 3 is 2.88 bits per heavy atom. The van der Waals surface area contributed by atoms with E-state index in [1.807, 2.05) is 12.1 Å². The summed E-state index contributed by atoms with van der Waals surface area (Å²) in [6.07, 6.45) is 3.93. The van der Waals surface area contributed by atoms with Crippen molar-refractivity contribution in [2.24, 2.45) is 0 Å². The van der Waals surface area contributed by atoms with Crippen LogP contribution in [0.15, 0.2) is 63.4 Å². The van der Waals surface area contributed by atoms with Crippen molar-refractivity contribution >= 4 is 17.7 Å². The standard InChI is InChI=1S/C22H24N4O5S/c1-4-13-32-21-16(8-6-11-24-21)20-25-26(22(28)31-20)14-18(27)23-12-10-15-7-5-9-17(29-2)19(15)30-3/h4-9,11H,1,10,12-14H2,2-3H3,(H,23,27). The third-order valence-corrected chi connectivity index (χ3v) is 5.44. The fraction of sp³-hybridized carbons (Fsp3) is 0.273. The van der Waals surface area contributed by atoms with E-state index in [-0.39, 0.29) is 18.3 Å². The average molecular weight is 457 g/mol. The van der Waals surface area contributed by atoms with Crippen LogP contribution in [0.2, 0.25) is 0 Å². The van der Waals surface area contributed by atoms with Crippen LogP contribution in [0.5, 0.6) is 11.5 Å². The number of rotatable bonds is 11. The maximum atomic E-state index is 12.4. The molecular weight excluding hydrogens is 432 g/mol. The van der Waals surface area contributed by atoms with Crippen molar-refractivity contribution in [3.8, 4) is 23.0 Å². The third kappa shape index (κ3) is 5.58.